The zero-order valence-corrected chi connectivity index (χ0v) is 20.7. The standard InChI is InChI=1S/C29H27N5O3/c1-36-24-13-14-27(37-2)25(19-24)28-26(20-34(32-28)23-11-7-4-8-12-23)29(35)30-17-15-21-16-18-33(31-21)22-9-5-3-6-10-22/h3-14,16,18-20H,15,17H2,1-2H3,(H,30,35). The number of aromatic nitrogens is 4. The van der Waals surface area contributed by atoms with Crippen LogP contribution in [0, 0.1) is 0 Å². The molecule has 0 spiro atoms. The Balaban J connectivity index is 1.39. The third-order valence-corrected chi connectivity index (χ3v) is 5.97. The maximum absolute atomic E-state index is 13.4. The number of benzene rings is 3. The molecule has 5 aromatic rings. The topological polar surface area (TPSA) is 83.2 Å². The summed E-state index contributed by atoms with van der Waals surface area (Å²) in [5.74, 6) is 1.01. The van der Waals surface area contributed by atoms with E-state index in [-0.39, 0.29) is 5.91 Å². The van der Waals surface area contributed by atoms with Crippen LogP contribution >= 0.6 is 0 Å². The lowest BCUT2D eigenvalue weighted by atomic mass is 10.1. The second-order valence-electron chi connectivity index (χ2n) is 8.33. The Bertz CT molecular complexity index is 1490. The van der Waals surface area contributed by atoms with Crippen LogP contribution in [0.3, 0.4) is 0 Å². The van der Waals surface area contributed by atoms with E-state index in [4.69, 9.17) is 14.6 Å². The van der Waals surface area contributed by atoms with Gasteiger partial charge < -0.3 is 14.8 Å². The van der Waals surface area contributed by atoms with E-state index in [1.807, 2.05) is 89.7 Å². The molecule has 1 amide bonds. The molecular weight excluding hydrogens is 466 g/mol. The first-order valence-corrected chi connectivity index (χ1v) is 11.9. The Morgan fingerprint density at radius 3 is 2.22 bits per heavy atom. The van der Waals surface area contributed by atoms with Crippen LogP contribution in [0.5, 0.6) is 11.5 Å². The number of hydrogen-bond donors (Lipinski definition) is 1. The molecule has 0 aliphatic rings. The van der Waals surface area contributed by atoms with Gasteiger partial charge in [0.2, 0.25) is 0 Å². The summed E-state index contributed by atoms with van der Waals surface area (Å²) in [5, 5.41) is 12.4. The van der Waals surface area contributed by atoms with E-state index >= 15 is 0 Å². The Labute approximate surface area is 215 Å². The fraction of sp³-hybridized carbons (Fsp3) is 0.138. The van der Waals surface area contributed by atoms with Gasteiger partial charge in [-0.3, -0.25) is 4.79 Å². The van der Waals surface area contributed by atoms with Gasteiger partial charge in [0.1, 0.15) is 17.2 Å². The molecule has 0 radical (unpaired) electrons. The molecule has 2 aromatic heterocycles. The highest BCUT2D eigenvalue weighted by Gasteiger charge is 2.22. The van der Waals surface area contributed by atoms with Crippen molar-refractivity contribution >= 4 is 5.91 Å². The molecule has 2 heterocycles. The minimum absolute atomic E-state index is 0.232. The van der Waals surface area contributed by atoms with Crippen LogP contribution in [0.4, 0.5) is 0 Å². The largest absolute Gasteiger partial charge is 0.497 e. The van der Waals surface area contributed by atoms with Crippen LogP contribution in [0.2, 0.25) is 0 Å². The molecule has 8 nitrogen and oxygen atoms in total. The highest BCUT2D eigenvalue weighted by molar-refractivity contribution is 6.00. The fourth-order valence-corrected chi connectivity index (χ4v) is 4.07. The summed E-state index contributed by atoms with van der Waals surface area (Å²) >= 11 is 0. The van der Waals surface area contributed by atoms with Crippen molar-refractivity contribution in [3.63, 3.8) is 0 Å². The maximum Gasteiger partial charge on any atom is 0.255 e. The molecule has 0 aliphatic carbocycles. The van der Waals surface area contributed by atoms with Crippen molar-refractivity contribution in [1.82, 2.24) is 24.9 Å². The summed E-state index contributed by atoms with van der Waals surface area (Å²) in [5.41, 5.74) is 4.33. The Hall–Kier alpha value is -4.85. The first kappa shape index (κ1) is 23.9. The number of ether oxygens (including phenoxy) is 2. The average Bonchev–Trinajstić information content (AvgIpc) is 3.62. The molecule has 186 valence electrons. The number of carbonyl (C=O) groups is 1. The second-order valence-corrected chi connectivity index (χ2v) is 8.33. The zero-order chi connectivity index (χ0) is 25.6. The highest BCUT2D eigenvalue weighted by atomic mass is 16.5. The van der Waals surface area contributed by atoms with Gasteiger partial charge in [0.25, 0.3) is 5.91 Å². The Kier molecular flexibility index (Phi) is 6.98. The lowest BCUT2D eigenvalue weighted by Gasteiger charge is -2.10. The van der Waals surface area contributed by atoms with Crippen LogP contribution in [0.1, 0.15) is 16.1 Å². The van der Waals surface area contributed by atoms with E-state index < -0.39 is 0 Å². The van der Waals surface area contributed by atoms with Crippen LogP contribution in [-0.4, -0.2) is 46.2 Å². The van der Waals surface area contributed by atoms with Gasteiger partial charge in [-0.1, -0.05) is 36.4 Å². The van der Waals surface area contributed by atoms with E-state index in [2.05, 4.69) is 10.4 Å². The van der Waals surface area contributed by atoms with Gasteiger partial charge in [0.05, 0.1) is 36.9 Å². The van der Waals surface area contributed by atoms with Gasteiger partial charge in [-0.25, -0.2) is 9.36 Å². The molecule has 0 bridgehead atoms. The molecule has 0 saturated heterocycles. The first-order chi connectivity index (χ1) is 18.2. The van der Waals surface area contributed by atoms with Crippen LogP contribution < -0.4 is 14.8 Å². The molecule has 0 unspecified atom stereocenters. The predicted octanol–water partition coefficient (Wildman–Crippen LogP) is 4.71. The van der Waals surface area contributed by atoms with E-state index in [9.17, 15) is 4.79 Å². The minimum Gasteiger partial charge on any atom is -0.497 e. The molecular formula is C29H27N5O3. The Morgan fingerprint density at radius 1 is 0.838 bits per heavy atom. The van der Waals surface area contributed by atoms with Gasteiger partial charge in [-0.05, 0) is 48.5 Å². The number of nitrogens with one attached hydrogen (secondary N) is 1. The van der Waals surface area contributed by atoms with E-state index in [0.717, 1.165) is 17.1 Å². The van der Waals surface area contributed by atoms with Crippen molar-refractivity contribution in [1.29, 1.82) is 0 Å². The summed E-state index contributed by atoms with van der Waals surface area (Å²) < 4.78 is 14.5. The van der Waals surface area contributed by atoms with Crippen LogP contribution in [-0.2, 0) is 6.42 Å². The lowest BCUT2D eigenvalue weighted by Crippen LogP contribution is -2.26. The molecule has 0 aliphatic heterocycles. The number of nitrogens with zero attached hydrogens (tertiary/aromatic N) is 4. The molecule has 5 rings (SSSR count). The van der Waals surface area contributed by atoms with Crippen molar-refractivity contribution < 1.29 is 14.3 Å². The number of methoxy groups -OCH3 is 2. The number of hydrogen-bond acceptors (Lipinski definition) is 5. The van der Waals surface area contributed by atoms with Crippen molar-refractivity contribution in [3.05, 3.63) is 109 Å². The summed E-state index contributed by atoms with van der Waals surface area (Å²) in [4.78, 5) is 13.4. The van der Waals surface area contributed by atoms with Crippen molar-refractivity contribution in [3.8, 4) is 34.1 Å². The summed E-state index contributed by atoms with van der Waals surface area (Å²) in [7, 11) is 3.19. The number of amides is 1. The molecule has 1 N–H and O–H groups in total. The molecule has 3 aromatic carbocycles. The second kappa shape index (κ2) is 10.8. The van der Waals surface area contributed by atoms with Crippen molar-refractivity contribution in [2.24, 2.45) is 0 Å². The molecule has 0 fully saturated rings. The fourth-order valence-electron chi connectivity index (χ4n) is 4.07. The lowest BCUT2D eigenvalue weighted by molar-refractivity contribution is 0.0954. The number of carbonyl (C=O) groups excluding carboxylic acids is 1. The number of para-hydroxylation sites is 2. The number of rotatable bonds is 9. The van der Waals surface area contributed by atoms with Gasteiger partial charge in [0.15, 0.2) is 0 Å². The zero-order valence-electron chi connectivity index (χ0n) is 20.7. The van der Waals surface area contributed by atoms with Gasteiger partial charge in [0, 0.05) is 30.9 Å². The highest BCUT2D eigenvalue weighted by Crippen LogP contribution is 2.35. The predicted molar refractivity (Wildman–Crippen MR) is 142 cm³/mol. The maximum atomic E-state index is 13.4. The van der Waals surface area contributed by atoms with Crippen LogP contribution in [0.25, 0.3) is 22.6 Å². The summed E-state index contributed by atoms with van der Waals surface area (Å²) in [6, 6.07) is 27.0. The Morgan fingerprint density at radius 2 is 1.54 bits per heavy atom. The van der Waals surface area contributed by atoms with E-state index in [1.165, 1.54) is 0 Å². The van der Waals surface area contributed by atoms with E-state index in [1.54, 1.807) is 31.2 Å². The van der Waals surface area contributed by atoms with E-state index in [0.29, 0.717) is 41.3 Å². The monoisotopic (exact) mass is 493 g/mol. The smallest absolute Gasteiger partial charge is 0.255 e. The molecule has 0 atom stereocenters. The first-order valence-electron chi connectivity index (χ1n) is 11.9. The SMILES string of the molecule is COc1ccc(OC)c(-c2nn(-c3ccccc3)cc2C(=O)NCCc2ccn(-c3ccccc3)n2)c1. The van der Waals surface area contributed by atoms with Gasteiger partial charge >= 0.3 is 0 Å². The van der Waals surface area contributed by atoms with Gasteiger partial charge in [-0.2, -0.15) is 10.2 Å². The molecule has 37 heavy (non-hydrogen) atoms. The normalized spacial score (nSPS) is 10.8. The van der Waals surface area contributed by atoms with Crippen LogP contribution in [0.15, 0.2) is 97.3 Å². The summed E-state index contributed by atoms with van der Waals surface area (Å²) in [6.45, 7) is 0.426. The van der Waals surface area contributed by atoms with Crippen molar-refractivity contribution in [2.75, 3.05) is 20.8 Å². The molecule has 8 heteroatoms. The summed E-state index contributed by atoms with van der Waals surface area (Å²) in [6.07, 6.45) is 4.25. The molecule has 0 saturated carbocycles. The van der Waals surface area contributed by atoms with Gasteiger partial charge in [-0.15, -0.1) is 0 Å². The third kappa shape index (κ3) is 5.23. The quantitative estimate of drug-likeness (QED) is 0.321. The third-order valence-electron chi connectivity index (χ3n) is 5.97. The minimum atomic E-state index is -0.232. The van der Waals surface area contributed by atoms with Crippen molar-refractivity contribution in [2.45, 2.75) is 6.42 Å². The average molecular weight is 494 g/mol.